The summed E-state index contributed by atoms with van der Waals surface area (Å²) in [6.07, 6.45) is 1.07. The van der Waals surface area contributed by atoms with Crippen molar-refractivity contribution in [2.45, 2.75) is 6.42 Å². The number of hydrazine groups is 1. The second-order valence-corrected chi connectivity index (χ2v) is 2.65. The minimum absolute atomic E-state index is 1.02. The molecule has 0 aliphatic carbocycles. The highest BCUT2D eigenvalue weighted by Gasteiger charge is 2.12. The number of benzene rings is 1. The van der Waals surface area contributed by atoms with Gasteiger partial charge in [-0.25, -0.2) is 0 Å². The fourth-order valence-corrected chi connectivity index (χ4v) is 1.48. The maximum Gasteiger partial charge on any atom is 0.0538 e. The molecule has 1 aliphatic rings. The minimum atomic E-state index is 1.02. The fraction of sp³-hybridized carbons (Fsp3) is 0.250. The number of hydrogen-bond donors (Lipinski definition) is 3. The Hall–Kier alpha value is -1.22. The first kappa shape index (κ1) is 6.49. The van der Waals surface area contributed by atoms with E-state index in [1.165, 1.54) is 11.3 Å². The van der Waals surface area contributed by atoms with Crippen LogP contribution in [0.2, 0.25) is 0 Å². The zero-order chi connectivity index (χ0) is 7.68. The van der Waals surface area contributed by atoms with E-state index >= 15 is 0 Å². The third kappa shape index (κ3) is 0.935. The molecule has 0 amide bonds. The number of hydrogen-bond acceptors (Lipinski definition) is 3. The first-order valence-corrected chi connectivity index (χ1v) is 3.74. The monoisotopic (exact) mass is 149 g/mol. The number of nitrogens with two attached hydrogens (primary N) is 1. The smallest absolute Gasteiger partial charge is 0.0538 e. The molecule has 3 nitrogen and oxygen atoms in total. The third-order valence-corrected chi connectivity index (χ3v) is 2.02. The summed E-state index contributed by atoms with van der Waals surface area (Å²) >= 11 is 0. The molecule has 0 saturated carbocycles. The van der Waals surface area contributed by atoms with Crippen molar-refractivity contribution >= 4 is 11.4 Å². The number of nitrogen functional groups attached to an aromatic ring is 1. The number of nitrogens with one attached hydrogen (secondary N) is 2. The maximum atomic E-state index is 5.35. The maximum absolute atomic E-state index is 5.35. The van der Waals surface area contributed by atoms with Gasteiger partial charge in [0.05, 0.1) is 5.69 Å². The summed E-state index contributed by atoms with van der Waals surface area (Å²) in [5.74, 6) is 5.35. The molecule has 0 aromatic heterocycles. The Morgan fingerprint density at radius 2 is 2.36 bits per heavy atom. The molecule has 0 spiro atoms. The van der Waals surface area contributed by atoms with Crippen molar-refractivity contribution in [3.8, 4) is 0 Å². The van der Waals surface area contributed by atoms with Crippen LogP contribution in [0.15, 0.2) is 18.2 Å². The average molecular weight is 149 g/mol. The molecule has 0 bridgehead atoms. The van der Waals surface area contributed by atoms with Gasteiger partial charge < -0.3 is 10.7 Å². The SMILES string of the molecule is NNc1cccc2c1CCN2. The van der Waals surface area contributed by atoms with Crippen LogP contribution in [0.1, 0.15) is 5.56 Å². The van der Waals surface area contributed by atoms with E-state index in [4.69, 9.17) is 5.84 Å². The van der Waals surface area contributed by atoms with Gasteiger partial charge in [0.2, 0.25) is 0 Å². The lowest BCUT2D eigenvalue weighted by Crippen LogP contribution is -2.08. The predicted molar refractivity (Wildman–Crippen MR) is 46.4 cm³/mol. The summed E-state index contributed by atoms with van der Waals surface area (Å²) in [4.78, 5) is 0. The molecule has 0 fully saturated rings. The van der Waals surface area contributed by atoms with Crippen LogP contribution in [-0.4, -0.2) is 6.54 Å². The lowest BCUT2D eigenvalue weighted by atomic mass is 10.1. The van der Waals surface area contributed by atoms with Crippen LogP contribution >= 0.6 is 0 Å². The highest BCUT2D eigenvalue weighted by Crippen LogP contribution is 2.28. The zero-order valence-electron chi connectivity index (χ0n) is 6.22. The van der Waals surface area contributed by atoms with E-state index in [0.29, 0.717) is 0 Å². The van der Waals surface area contributed by atoms with Crippen LogP contribution in [0.4, 0.5) is 11.4 Å². The van der Waals surface area contributed by atoms with Gasteiger partial charge in [-0.05, 0) is 18.6 Å². The van der Waals surface area contributed by atoms with Crippen molar-refractivity contribution < 1.29 is 0 Å². The first-order valence-electron chi connectivity index (χ1n) is 3.74. The van der Waals surface area contributed by atoms with Crippen molar-refractivity contribution in [2.75, 3.05) is 17.3 Å². The van der Waals surface area contributed by atoms with Crippen LogP contribution in [0, 0.1) is 0 Å². The molecule has 0 radical (unpaired) electrons. The Balaban J connectivity index is 2.50. The van der Waals surface area contributed by atoms with E-state index in [9.17, 15) is 0 Å². The number of rotatable bonds is 1. The Morgan fingerprint density at radius 3 is 3.18 bits per heavy atom. The van der Waals surface area contributed by atoms with E-state index in [1.807, 2.05) is 12.1 Å². The molecule has 0 atom stereocenters. The molecule has 1 aromatic rings. The summed E-state index contributed by atoms with van der Waals surface area (Å²) in [7, 11) is 0. The summed E-state index contributed by atoms with van der Waals surface area (Å²) in [5, 5.41) is 3.28. The minimum Gasteiger partial charge on any atom is -0.384 e. The molecule has 2 rings (SSSR count). The van der Waals surface area contributed by atoms with Gasteiger partial charge in [0.25, 0.3) is 0 Å². The first-order chi connectivity index (χ1) is 5.42. The van der Waals surface area contributed by atoms with Gasteiger partial charge in [0, 0.05) is 17.8 Å². The quantitative estimate of drug-likeness (QED) is 0.411. The molecule has 0 unspecified atom stereocenters. The molecular formula is C8H11N3. The predicted octanol–water partition coefficient (Wildman–Crippen LogP) is 0.940. The van der Waals surface area contributed by atoms with Gasteiger partial charge in [-0.3, -0.25) is 5.84 Å². The van der Waals surface area contributed by atoms with Gasteiger partial charge in [-0.1, -0.05) is 6.07 Å². The normalized spacial score (nSPS) is 13.9. The molecular weight excluding hydrogens is 138 g/mol. The highest BCUT2D eigenvalue weighted by atomic mass is 15.2. The van der Waals surface area contributed by atoms with E-state index < -0.39 is 0 Å². The Bertz CT molecular complexity index is 270. The Morgan fingerprint density at radius 1 is 1.45 bits per heavy atom. The van der Waals surface area contributed by atoms with E-state index in [-0.39, 0.29) is 0 Å². The summed E-state index contributed by atoms with van der Waals surface area (Å²) in [6, 6.07) is 6.06. The largest absolute Gasteiger partial charge is 0.384 e. The van der Waals surface area contributed by atoms with Gasteiger partial charge in [0.1, 0.15) is 0 Å². The molecule has 1 aliphatic heterocycles. The molecule has 1 aromatic carbocycles. The molecule has 3 heteroatoms. The van der Waals surface area contributed by atoms with Gasteiger partial charge in [-0.15, -0.1) is 0 Å². The van der Waals surface area contributed by atoms with Crippen LogP contribution < -0.4 is 16.6 Å². The van der Waals surface area contributed by atoms with Gasteiger partial charge in [0.15, 0.2) is 0 Å². The lowest BCUT2D eigenvalue weighted by molar-refractivity contribution is 1.10. The number of fused-ring (bicyclic) bond motifs is 1. The standard InChI is InChI=1S/C8H11N3/c9-11-8-3-1-2-7-6(8)4-5-10-7/h1-3,10-11H,4-5,9H2. The van der Waals surface area contributed by atoms with E-state index in [0.717, 1.165) is 18.7 Å². The van der Waals surface area contributed by atoms with Crippen molar-refractivity contribution in [3.05, 3.63) is 23.8 Å². The summed E-state index contributed by atoms with van der Waals surface area (Å²) in [5.41, 5.74) is 6.23. The lowest BCUT2D eigenvalue weighted by Gasteiger charge is -2.05. The second kappa shape index (κ2) is 2.43. The van der Waals surface area contributed by atoms with Gasteiger partial charge >= 0.3 is 0 Å². The molecule has 11 heavy (non-hydrogen) atoms. The van der Waals surface area contributed by atoms with Crippen molar-refractivity contribution in [1.29, 1.82) is 0 Å². The Kier molecular flexibility index (Phi) is 1.43. The van der Waals surface area contributed by atoms with Crippen LogP contribution in [0.3, 0.4) is 0 Å². The molecule has 4 N–H and O–H groups in total. The van der Waals surface area contributed by atoms with E-state index in [1.54, 1.807) is 0 Å². The topological polar surface area (TPSA) is 50.1 Å². The average Bonchev–Trinajstić information content (AvgIpc) is 2.50. The molecule has 0 saturated heterocycles. The summed E-state index contributed by atoms with van der Waals surface area (Å²) in [6.45, 7) is 1.02. The van der Waals surface area contributed by atoms with E-state index in [2.05, 4.69) is 16.8 Å². The zero-order valence-corrected chi connectivity index (χ0v) is 6.22. The van der Waals surface area contributed by atoms with Crippen molar-refractivity contribution in [2.24, 2.45) is 5.84 Å². The number of anilines is 2. The van der Waals surface area contributed by atoms with Crippen molar-refractivity contribution in [1.82, 2.24) is 0 Å². The van der Waals surface area contributed by atoms with Crippen LogP contribution in [0.5, 0.6) is 0 Å². The van der Waals surface area contributed by atoms with Crippen LogP contribution in [0.25, 0.3) is 0 Å². The third-order valence-electron chi connectivity index (χ3n) is 2.02. The molecule has 58 valence electrons. The van der Waals surface area contributed by atoms with Crippen molar-refractivity contribution in [3.63, 3.8) is 0 Å². The Labute approximate surface area is 65.6 Å². The highest BCUT2D eigenvalue weighted by molar-refractivity contribution is 5.67. The van der Waals surface area contributed by atoms with Gasteiger partial charge in [-0.2, -0.15) is 0 Å². The summed E-state index contributed by atoms with van der Waals surface area (Å²) < 4.78 is 0. The van der Waals surface area contributed by atoms with Crippen LogP contribution in [-0.2, 0) is 6.42 Å². The second-order valence-electron chi connectivity index (χ2n) is 2.65. The molecule has 1 heterocycles. The fourth-order valence-electron chi connectivity index (χ4n) is 1.48.